The Bertz CT molecular complexity index is 1600. The number of rotatable bonds is 14. The van der Waals surface area contributed by atoms with Gasteiger partial charge in [-0.1, -0.05) is 64.8 Å². The van der Waals surface area contributed by atoms with Crippen molar-refractivity contribution in [2.75, 3.05) is 14.2 Å². The van der Waals surface area contributed by atoms with Crippen molar-refractivity contribution < 1.29 is 18.6 Å². The number of methoxy groups -OCH3 is 2. The van der Waals surface area contributed by atoms with E-state index in [-0.39, 0.29) is 0 Å². The maximum Gasteiger partial charge on any atom is 0.345 e. The lowest BCUT2D eigenvalue weighted by molar-refractivity contribution is -0.673. The quantitative estimate of drug-likeness (QED) is 0.0824. The Hall–Kier alpha value is -4.20. The van der Waals surface area contributed by atoms with Crippen molar-refractivity contribution in [1.29, 1.82) is 0 Å². The summed E-state index contributed by atoms with van der Waals surface area (Å²) in [5.41, 5.74) is 9.31. The molecule has 0 unspecified atom stereocenters. The fourth-order valence-corrected chi connectivity index (χ4v) is 6.36. The highest BCUT2D eigenvalue weighted by Crippen LogP contribution is 2.31. The van der Waals surface area contributed by atoms with Crippen molar-refractivity contribution in [2.45, 2.75) is 99.6 Å². The summed E-state index contributed by atoms with van der Waals surface area (Å²) in [5.74, 6) is 3.24. The Morgan fingerprint density at radius 2 is 1.06 bits per heavy atom. The number of benzene rings is 2. The molecule has 2 aromatic carbocycles. The second-order valence-corrected chi connectivity index (χ2v) is 12.5. The largest absolute Gasteiger partial charge is 0.475 e. The van der Waals surface area contributed by atoms with Gasteiger partial charge in [0, 0.05) is 0 Å². The summed E-state index contributed by atoms with van der Waals surface area (Å²) in [7, 11) is 7.53. The molecular weight excluding hydrogens is 584 g/mol. The molecule has 0 aliphatic carbocycles. The Labute approximate surface area is 282 Å². The van der Waals surface area contributed by atoms with E-state index >= 15 is 0 Å². The third-order valence-electron chi connectivity index (χ3n) is 8.90. The van der Waals surface area contributed by atoms with Gasteiger partial charge >= 0.3 is 23.4 Å². The molecule has 0 radical (unpaired) electrons. The number of aryl methyl sites for hydroxylation is 8. The van der Waals surface area contributed by atoms with Gasteiger partial charge in [0.1, 0.15) is 24.8 Å². The second kappa shape index (κ2) is 16.6. The first kappa shape index (κ1) is 35.7. The molecule has 47 heavy (non-hydrogen) atoms. The topological polar surface area (TPSA) is 60.8 Å². The minimum atomic E-state index is 0.639. The smallest absolute Gasteiger partial charge is 0.345 e. The molecule has 0 saturated carbocycles. The molecule has 0 spiro atoms. The normalized spacial score (nSPS) is 12.2. The van der Waals surface area contributed by atoms with Gasteiger partial charge in [0.15, 0.2) is 0 Å². The van der Waals surface area contributed by atoms with Crippen LogP contribution in [-0.2, 0) is 55.9 Å². The van der Waals surface area contributed by atoms with Gasteiger partial charge in [0.2, 0.25) is 0 Å². The van der Waals surface area contributed by atoms with E-state index in [1.807, 2.05) is 14.1 Å². The van der Waals surface area contributed by atoms with E-state index in [4.69, 9.17) is 19.5 Å². The fourth-order valence-electron chi connectivity index (χ4n) is 6.36. The number of hydrogen-bond acceptors (Lipinski definition) is 4. The van der Waals surface area contributed by atoms with Crippen LogP contribution in [0.5, 0.6) is 0 Å². The van der Waals surface area contributed by atoms with Crippen LogP contribution in [0.15, 0.2) is 59.0 Å². The Morgan fingerprint density at radius 3 is 1.40 bits per heavy atom. The van der Waals surface area contributed by atoms with E-state index in [1.165, 1.54) is 22.3 Å². The van der Waals surface area contributed by atoms with E-state index in [0.717, 1.165) is 92.2 Å². The lowest BCUT2D eigenvalue weighted by Gasteiger charge is -2.15. The van der Waals surface area contributed by atoms with Gasteiger partial charge in [-0.15, -0.1) is 0 Å². The summed E-state index contributed by atoms with van der Waals surface area (Å²) in [4.78, 5) is 10.3. The van der Waals surface area contributed by atoms with Crippen molar-refractivity contribution in [3.63, 3.8) is 0 Å². The maximum absolute atomic E-state index is 5.91. The van der Waals surface area contributed by atoms with Crippen molar-refractivity contribution in [3.8, 4) is 0 Å². The van der Waals surface area contributed by atoms with Gasteiger partial charge in [-0.3, -0.25) is 0 Å². The van der Waals surface area contributed by atoms with E-state index < -0.39 is 0 Å². The molecule has 4 rings (SSSR count). The van der Waals surface area contributed by atoms with Crippen LogP contribution in [0.25, 0.3) is 0 Å². The molecule has 252 valence electrons. The van der Waals surface area contributed by atoms with Crippen LogP contribution in [0.4, 0.5) is 11.4 Å². The van der Waals surface area contributed by atoms with Crippen LogP contribution in [-0.4, -0.2) is 35.1 Å². The Balaban J connectivity index is 1.68. The average Bonchev–Trinajstić information content (AvgIpc) is 3.62. The van der Waals surface area contributed by atoms with Crippen molar-refractivity contribution >= 4 is 23.2 Å². The molecule has 0 fully saturated rings. The van der Waals surface area contributed by atoms with E-state index in [0.29, 0.717) is 11.8 Å². The summed E-state index contributed by atoms with van der Waals surface area (Å²) in [6.45, 7) is 15.0. The number of ether oxygens (including phenoxy) is 2. The molecule has 0 amide bonds. The van der Waals surface area contributed by atoms with Gasteiger partial charge in [-0.05, 0) is 79.3 Å². The van der Waals surface area contributed by atoms with E-state index in [1.54, 1.807) is 14.2 Å². The number of imidazole rings is 2. The molecule has 0 saturated heterocycles. The van der Waals surface area contributed by atoms with Crippen LogP contribution in [0.2, 0.25) is 0 Å². The number of hydrogen-bond donors (Lipinski definition) is 0. The highest BCUT2D eigenvalue weighted by molar-refractivity contribution is 5.92. The van der Waals surface area contributed by atoms with Gasteiger partial charge in [0.05, 0.1) is 52.8 Å². The van der Waals surface area contributed by atoms with E-state index in [2.05, 4.69) is 109 Å². The van der Waals surface area contributed by atoms with Crippen LogP contribution >= 0.6 is 0 Å². The minimum Gasteiger partial charge on any atom is -0.475 e. The van der Waals surface area contributed by atoms with Crippen molar-refractivity contribution in [2.24, 2.45) is 24.1 Å². The number of nitrogens with zero attached hydrogens (tertiary/aromatic N) is 6. The fraction of sp³-hybridized carbons (Fsp3) is 0.487. The van der Waals surface area contributed by atoms with Crippen molar-refractivity contribution in [1.82, 2.24) is 9.13 Å². The summed E-state index contributed by atoms with van der Waals surface area (Å²) in [6, 6.07) is 9.19. The van der Waals surface area contributed by atoms with Crippen molar-refractivity contribution in [3.05, 3.63) is 94.1 Å². The molecule has 0 aliphatic rings. The molecule has 0 bridgehead atoms. The molecule has 2 heterocycles. The molecule has 0 aliphatic heterocycles. The number of aromatic nitrogens is 4. The van der Waals surface area contributed by atoms with Gasteiger partial charge in [0.25, 0.3) is 0 Å². The predicted octanol–water partition coefficient (Wildman–Crippen LogP) is 7.32. The Morgan fingerprint density at radius 1 is 0.660 bits per heavy atom. The van der Waals surface area contributed by atoms with Gasteiger partial charge < -0.3 is 9.47 Å². The SMILES string of the molecule is CCCCn1cc[n+](C)c1C(=Nc1c(C)cc(Cc2cc(C)c(N=C(OC)c3n(CCCC)cc[n+]3C)c(CC)c2)cc1CC)OC. The van der Waals surface area contributed by atoms with Crippen LogP contribution in [0.3, 0.4) is 0 Å². The second-order valence-electron chi connectivity index (χ2n) is 12.5. The zero-order valence-corrected chi connectivity index (χ0v) is 30.5. The monoisotopic (exact) mass is 640 g/mol. The zero-order chi connectivity index (χ0) is 34.1. The summed E-state index contributed by atoms with van der Waals surface area (Å²) in [5, 5.41) is 0. The molecule has 0 atom stereocenters. The lowest BCUT2D eigenvalue weighted by atomic mass is 9.94. The maximum atomic E-state index is 5.91. The first-order valence-corrected chi connectivity index (χ1v) is 17.3. The van der Waals surface area contributed by atoms with Gasteiger partial charge in [-0.2, -0.15) is 0 Å². The number of aliphatic imine (C=N–C) groups is 2. The first-order chi connectivity index (χ1) is 22.7. The summed E-state index contributed by atoms with van der Waals surface area (Å²) in [6.07, 6.45) is 15.5. The standard InChI is InChI=1S/C39H56N6O2/c1-11-15-17-44-21-19-42(7)38(44)36(46-9)40-34-28(5)23-30(26-32(34)13-3)25-31-24-29(6)35(33(14-4)27-31)41-37(47-10)39-43(8)20-22-45(39)18-16-12-2/h19-24,26-27H,11-18,25H2,1-10H3/q+2. The van der Waals surface area contributed by atoms with Crippen LogP contribution < -0.4 is 9.13 Å². The predicted molar refractivity (Wildman–Crippen MR) is 191 cm³/mol. The van der Waals surface area contributed by atoms with Gasteiger partial charge in [-0.25, -0.2) is 28.3 Å². The molecule has 4 aromatic rings. The summed E-state index contributed by atoms with van der Waals surface area (Å²) < 4.78 is 20.5. The Kier molecular flexibility index (Phi) is 12.6. The molecule has 8 heteroatoms. The molecular formula is C39H56N6O2+2. The first-order valence-electron chi connectivity index (χ1n) is 17.3. The molecule has 2 aromatic heterocycles. The third-order valence-corrected chi connectivity index (χ3v) is 8.90. The van der Waals surface area contributed by atoms with E-state index in [9.17, 15) is 0 Å². The minimum absolute atomic E-state index is 0.639. The highest BCUT2D eigenvalue weighted by atomic mass is 16.5. The lowest BCUT2D eigenvalue weighted by Crippen LogP contribution is -2.36. The number of unbranched alkanes of at least 4 members (excludes halogenated alkanes) is 2. The molecule has 8 nitrogen and oxygen atoms in total. The molecule has 0 N–H and O–H groups in total. The average molecular weight is 641 g/mol. The zero-order valence-electron chi connectivity index (χ0n) is 30.5. The highest BCUT2D eigenvalue weighted by Gasteiger charge is 2.25. The van der Waals surface area contributed by atoms with Crippen LogP contribution in [0.1, 0.15) is 98.4 Å². The summed E-state index contributed by atoms with van der Waals surface area (Å²) >= 11 is 0. The third kappa shape index (κ3) is 8.21. The van der Waals surface area contributed by atoms with Crippen LogP contribution in [0, 0.1) is 13.8 Å².